The molecule has 146 valence electrons. The highest BCUT2D eigenvalue weighted by molar-refractivity contribution is 6.08. The molecule has 9 nitrogen and oxygen atoms in total. The Bertz CT molecular complexity index is 705. The van der Waals surface area contributed by atoms with Crippen LogP contribution in [-0.4, -0.2) is 52.9 Å². The zero-order valence-electron chi connectivity index (χ0n) is 15.4. The second kappa shape index (κ2) is 7.18. The summed E-state index contributed by atoms with van der Waals surface area (Å²) < 4.78 is 4.90. The van der Waals surface area contributed by atoms with E-state index in [1.165, 1.54) is 0 Å². The van der Waals surface area contributed by atoms with Crippen molar-refractivity contribution in [3.05, 3.63) is 0 Å². The third kappa shape index (κ3) is 3.89. The van der Waals surface area contributed by atoms with Gasteiger partial charge < -0.3 is 15.4 Å². The molecule has 1 aliphatic heterocycles. The third-order valence-corrected chi connectivity index (χ3v) is 5.65. The molecule has 1 saturated heterocycles. The first-order chi connectivity index (χ1) is 12.8. The minimum Gasteiger partial charge on any atom is -0.454 e. The second-order valence-corrected chi connectivity index (χ2v) is 7.76. The summed E-state index contributed by atoms with van der Waals surface area (Å²) in [5, 5.41) is 14.6. The van der Waals surface area contributed by atoms with Gasteiger partial charge in [-0.2, -0.15) is 5.26 Å². The molecular weight excluding hydrogens is 352 g/mol. The summed E-state index contributed by atoms with van der Waals surface area (Å²) in [4.78, 5) is 49.3. The fraction of sp³-hybridized carbons (Fsp3) is 0.722. The van der Waals surface area contributed by atoms with Gasteiger partial charge >= 0.3 is 12.0 Å². The number of nitrogens with one attached hydrogen (secondary N) is 2. The predicted molar refractivity (Wildman–Crippen MR) is 91.9 cm³/mol. The van der Waals surface area contributed by atoms with Crippen LogP contribution < -0.4 is 10.6 Å². The SMILES string of the molecule is C[C@@]1(C2CC2)NC(=O)N(CC(=O)OCC(=O)NC2(C#N)CCCCC2)C1=O. The summed E-state index contributed by atoms with van der Waals surface area (Å²) in [5.74, 6) is -1.75. The molecule has 2 N–H and O–H groups in total. The molecule has 9 heteroatoms. The molecule has 27 heavy (non-hydrogen) atoms. The van der Waals surface area contributed by atoms with Crippen LogP contribution in [-0.2, 0) is 19.1 Å². The topological polar surface area (TPSA) is 129 Å². The Morgan fingerprint density at radius 3 is 2.56 bits per heavy atom. The molecule has 0 radical (unpaired) electrons. The molecule has 4 amide bonds. The molecule has 3 fully saturated rings. The lowest BCUT2D eigenvalue weighted by Gasteiger charge is -2.31. The van der Waals surface area contributed by atoms with E-state index in [1.807, 2.05) is 0 Å². The van der Waals surface area contributed by atoms with Gasteiger partial charge in [-0.25, -0.2) is 4.79 Å². The van der Waals surface area contributed by atoms with Crippen molar-refractivity contribution in [2.75, 3.05) is 13.2 Å². The molecular formula is C18H24N4O5. The van der Waals surface area contributed by atoms with Crippen molar-refractivity contribution in [2.24, 2.45) is 5.92 Å². The van der Waals surface area contributed by atoms with Gasteiger partial charge in [-0.1, -0.05) is 19.3 Å². The molecule has 0 aromatic heterocycles. The number of carbonyl (C=O) groups excluding carboxylic acids is 4. The summed E-state index contributed by atoms with van der Waals surface area (Å²) in [6, 6.07) is 1.53. The van der Waals surface area contributed by atoms with E-state index in [0.29, 0.717) is 12.8 Å². The number of hydrogen-bond donors (Lipinski definition) is 2. The highest BCUT2D eigenvalue weighted by Gasteiger charge is 2.56. The number of hydrogen-bond acceptors (Lipinski definition) is 6. The van der Waals surface area contributed by atoms with E-state index in [2.05, 4.69) is 16.7 Å². The average Bonchev–Trinajstić information content (AvgIpc) is 3.47. The number of urea groups is 1. The molecule has 3 rings (SSSR count). The van der Waals surface area contributed by atoms with Crippen molar-refractivity contribution in [3.63, 3.8) is 0 Å². The Balaban J connectivity index is 1.48. The van der Waals surface area contributed by atoms with Gasteiger partial charge in [-0.15, -0.1) is 0 Å². The number of nitriles is 1. The first-order valence-electron chi connectivity index (χ1n) is 9.32. The quantitative estimate of drug-likeness (QED) is 0.516. The smallest absolute Gasteiger partial charge is 0.326 e. The standard InChI is InChI=1S/C18H24N4O5/c1-17(12-5-6-12)15(25)22(16(26)21-17)9-14(24)27-10-13(23)20-18(11-19)7-3-2-4-8-18/h12H,2-10H2,1H3,(H,20,23)(H,21,26)/t17-/m0/s1. The summed E-state index contributed by atoms with van der Waals surface area (Å²) in [5.41, 5.74) is -1.87. The van der Waals surface area contributed by atoms with Crippen LogP contribution in [0.15, 0.2) is 0 Å². The predicted octanol–water partition coefficient (Wildman–Crippen LogP) is 0.593. The lowest BCUT2D eigenvalue weighted by atomic mass is 9.83. The van der Waals surface area contributed by atoms with Gasteiger partial charge in [0.1, 0.15) is 17.6 Å². The Morgan fingerprint density at radius 1 is 1.30 bits per heavy atom. The van der Waals surface area contributed by atoms with Crippen LogP contribution in [0, 0.1) is 17.2 Å². The molecule has 0 unspecified atom stereocenters. The van der Waals surface area contributed by atoms with Crippen molar-refractivity contribution >= 4 is 23.8 Å². The maximum Gasteiger partial charge on any atom is 0.326 e. The first-order valence-corrected chi connectivity index (χ1v) is 9.32. The summed E-state index contributed by atoms with van der Waals surface area (Å²) >= 11 is 0. The van der Waals surface area contributed by atoms with Crippen molar-refractivity contribution < 1.29 is 23.9 Å². The van der Waals surface area contributed by atoms with Crippen molar-refractivity contribution in [1.82, 2.24) is 15.5 Å². The highest BCUT2D eigenvalue weighted by atomic mass is 16.5. The highest BCUT2D eigenvalue weighted by Crippen LogP contribution is 2.42. The fourth-order valence-corrected chi connectivity index (χ4v) is 3.84. The maximum absolute atomic E-state index is 12.5. The zero-order chi connectivity index (χ0) is 19.7. The molecule has 1 atom stereocenters. The average molecular weight is 376 g/mol. The summed E-state index contributed by atoms with van der Waals surface area (Å²) in [6.07, 6.45) is 5.62. The Kier molecular flexibility index (Phi) is 5.09. The Morgan fingerprint density at radius 2 is 1.96 bits per heavy atom. The van der Waals surface area contributed by atoms with Crippen molar-refractivity contribution in [1.29, 1.82) is 5.26 Å². The van der Waals surface area contributed by atoms with Gasteiger partial charge in [0, 0.05) is 0 Å². The van der Waals surface area contributed by atoms with Gasteiger partial charge in [0.2, 0.25) is 0 Å². The molecule has 1 heterocycles. The fourth-order valence-electron chi connectivity index (χ4n) is 3.84. The number of ether oxygens (including phenoxy) is 1. The normalized spacial score (nSPS) is 26.9. The van der Waals surface area contributed by atoms with Crippen LogP contribution in [0.25, 0.3) is 0 Å². The Hall–Kier alpha value is -2.63. The number of amides is 4. The summed E-state index contributed by atoms with van der Waals surface area (Å²) in [6.45, 7) is 0.574. The largest absolute Gasteiger partial charge is 0.454 e. The van der Waals surface area contributed by atoms with Crippen molar-refractivity contribution in [3.8, 4) is 6.07 Å². The Labute approximate surface area is 157 Å². The van der Waals surface area contributed by atoms with E-state index in [9.17, 15) is 24.4 Å². The van der Waals surface area contributed by atoms with Crippen LogP contribution in [0.4, 0.5) is 4.79 Å². The van der Waals surface area contributed by atoms with E-state index < -0.39 is 48.0 Å². The number of rotatable bonds is 6. The van der Waals surface area contributed by atoms with Crippen LogP contribution >= 0.6 is 0 Å². The van der Waals surface area contributed by atoms with Crippen LogP contribution in [0.5, 0.6) is 0 Å². The number of carbonyl (C=O) groups is 4. The lowest BCUT2D eigenvalue weighted by Crippen LogP contribution is -2.50. The van der Waals surface area contributed by atoms with E-state index >= 15 is 0 Å². The lowest BCUT2D eigenvalue weighted by molar-refractivity contribution is -0.151. The zero-order valence-corrected chi connectivity index (χ0v) is 15.4. The second-order valence-electron chi connectivity index (χ2n) is 7.76. The minimum absolute atomic E-state index is 0.0958. The maximum atomic E-state index is 12.5. The molecule has 0 spiro atoms. The van der Waals surface area contributed by atoms with Gasteiger partial charge in [0.25, 0.3) is 11.8 Å². The molecule has 0 bridgehead atoms. The summed E-state index contributed by atoms with van der Waals surface area (Å²) in [7, 11) is 0. The minimum atomic E-state index is -0.963. The van der Waals surface area contributed by atoms with Crippen molar-refractivity contribution in [2.45, 2.75) is 62.9 Å². The van der Waals surface area contributed by atoms with E-state index in [-0.39, 0.29) is 5.92 Å². The molecule has 3 aliphatic rings. The van der Waals surface area contributed by atoms with Gasteiger partial charge in [-0.3, -0.25) is 19.3 Å². The third-order valence-electron chi connectivity index (χ3n) is 5.65. The molecule has 2 aliphatic carbocycles. The molecule has 2 saturated carbocycles. The number of nitrogens with zero attached hydrogens (tertiary/aromatic N) is 2. The van der Waals surface area contributed by atoms with E-state index in [1.54, 1.807) is 6.92 Å². The van der Waals surface area contributed by atoms with Gasteiger partial charge in [0.05, 0.1) is 6.07 Å². The molecule has 0 aromatic carbocycles. The number of esters is 1. The van der Waals surface area contributed by atoms with Crippen LogP contribution in [0.2, 0.25) is 0 Å². The van der Waals surface area contributed by atoms with E-state index in [0.717, 1.165) is 37.0 Å². The van der Waals surface area contributed by atoms with Crippen LogP contribution in [0.1, 0.15) is 51.9 Å². The molecule has 0 aromatic rings. The van der Waals surface area contributed by atoms with E-state index in [4.69, 9.17) is 4.74 Å². The van der Waals surface area contributed by atoms with Gasteiger partial charge in [-0.05, 0) is 38.5 Å². The van der Waals surface area contributed by atoms with Gasteiger partial charge in [0.15, 0.2) is 6.61 Å². The van der Waals surface area contributed by atoms with Crippen LogP contribution in [0.3, 0.4) is 0 Å². The monoisotopic (exact) mass is 376 g/mol. The first kappa shape index (κ1) is 19.1. The number of imide groups is 1.